The molecule has 106 valence electrons. The van der Waals surface area contributed by atoms with Crippen LogP contribution in [0.5, 0.6) is 0 Å². The lowest BCUT2D eigenvalue weighted by molar-refractivity contribution is 0.615. The summed E-state index contributed by atoms with van der Waals surface area (Å²) in [6.07, 6.45) is 1.08. The summed E-state index contributed by atoms with van der Waals surface area (Å²) in [5.41, 5.74) is 2.27. The summed E-state index contributed by atoms with van der Waals surface area (Å²) in [7, 11) is 0. The highest BCUT2D eigenvalue weighted by atomic mass is 32.2. The zero-order valence-electron chi connectivity index (χ0n) is 11.9. The van der Waals surface area contributed by atoms with E-state index in [9.17, 15) is 4.39 Å². The molecule has 0 fully saturated rings. The van der Waals surface area contributed by atoms with Crippen molar-refractivity contribution in [1.29, 1.82) is 0 Å². The van der Waals surface area contributed by atoms with E-state index in [-0.39, 0.29) is 5.82 Å². The van der Waals surface area contributed by atoms with Crippen molar-refractivity contribution >= 4 is 11.8 Å². The Labute approximate surface area is 124 Å². The van der Waals surface area contributed by atoms with Crippen molar-refractivity contribution in [1.82, 2.24) is 5.32 Å². The first-order valence-corrected chi connectivity index (χ1v) is 7.74. The average Bonchev–Trinajstić information content (AvgIpc) is 2.44. The van der Waals surface area contributed by atoms with Crippen molar-refractivity contribution < 1.29 is 4.39 Å². The number of nitrogens with one attached hydrogen (secondary N) is 1. The number of halogens is 1. The Morgan fingerprint density at radius 1 is 1.10 bits per heavy atom. The minimum atomic E-state index is -0.174. The SMILES string of the molecule is CCCNCc1cc(F)ccc1Sc1ccc(C)cc1. The summed E-state index contributed by atoms with van der Waals surface area (Å²) < 4.78 is 13.4. The Morgan fingerprint density at radius 3 is 2.55 bits per heavy atom. The fourth-order valence-electron chi connectivity index (χ4n) is 1.92. The fraction of sp³-hybridized carbons (Fsp3) is 0.294. The predicted octanol–water partition coefficient (Wildman–Crippen LogP) is 4.78. The van der Waals surface area contributed by atoms with Gasteiger partial charge in [-0.3, -0.25) is 0 Å². The molecule has 0 aliphatic heterocycles. The molecule has 3 heteroatoms. The van der Waals surface area contributed by atoms with Crippen molar-refractivity contribution in [2.75, 3.05) is 6.54 Å². The molecule has 2 aromatic rings. The molecule has 2 aromatic carbocycles. The van der Waals surface area contributed by atoms with Crippen molar-refractivity contribution in [3.63, 3.8) is 0 Å². The van der Waals surface area contributed by atoms with Gasteiger partial charge in [0, 0.05) is 16.3 Å². The van der Waals surface area contributed by atoms with Gasteiger partial charge in [0.15, 0.2) is 0 Å². The van der Waals surface area contributed by atoms with Gasteiger partial charge in [0.05, 0.1) is 0 Å². The Bertz CT molecular complexity index is 551. The van der Waals surface area contributed by atoms with E-state index >= 15 is 0 Å². The molecule has 0 amide bonds. The van der Waals surface area contributed by atoms with Gasteiger partial charge in [-0.2, -0.15) is 0 Å². The average molecular weight is 289 g/mol. The molecule has 0 bridgehead atoms. The molecule has 1 nitrogen and oxygen atoms in total. The van der Waals surface area contributed by atoms with E-state index < -0.39 is 0 Å². The fourth-order valence-corrected chi connectivity index (χ4v) is 2.84. The maximum absolute atomic E-state index is 13.4. The quantitative estimate of drug-likeness (QED) is 0.768. The Morgan fingerprint density at radius 2 is 1.85 bits per heavy atom. The highest BCUT2D eigenvalue weighted by molar-refractivity contribution is 7.99. The first kappa shape index (κ1) is 15.1. The van der Waals surface area contributed by atoms with E-state index in [0.29, 0.717) is 6.54 Å². The minimum absolute atomic E-state index is 0.174. The molecule has 0 atom stereocenters. The van der Waals surface area contributed by atoms with Gasteiger partial charge in [0.1, 0.15) is 5.82 Å². The largest absolute Gasteiger partial charge is 0.313 e. The lowest BCUT2D eigenvalue weighted by atomic mass is 10.2. The molecular weight excluding hydrogens is 269 g/mol. The van der Waals surface area contributed by atoms with Crippen LogP contribution in [0, 0.1) is 12.7 Å². The van der Waals surface area contributed by atoms with Crippen LogP contribution in [0.4, 0.5) is 4.39 Å². The molecule has 0 radical (unpaired) electrons. The zero-order chi connectivity index (χ0) is 14.4. The van der Waals surface area contributed by atoms with Gasteiger partial charge in [-0.25, -0.2) is 4.39 Å². The number of rotatable bonds is 6. The van der Waals surface area contributed by atoms with Crippen LogP contribution in [-0.2, 0) is 6.54 Å². The monoisotopic (exact) mass is 289 g/mol. The number of aryl methyl sites for hydroxylation is 1. The van der Waals surface area contributed by atoms with E-state index in [1.807, 2.05) is 6.07 Å². The van der Waals surface area contributed by atoms with Crippen LogP contribution in [0.1, 0.15) is 24.5 Å². The van der Waals surface area contributed by atoms with Gasteiger partial charge < -0.3 is 5.32 Å². The molecule has 0 aromatic heterocycles. The number of hydrogen-bond acceptors (Lipinski definition) is 2. The highest BCUT2D eigenvalue weighted by Gasteiger charge is 2.06. The Balaban J connectivity index is 2.15. The maximum Gasteiger partial charge on any atom is 0.123 e. The van der Waals surface area contributed by atoms with Crippen LogP contribution >= 0.6 is 11.8 Å². The molecule has 0 aliphatic rings. The lowest BCUT2D eigenvalue weighted by Gasteiger charge is -2.10. The summed E-state index contributed by atoms with van der Waals surface area (Å²) >= 11 is 1.68. The molecule has 0 saturated carbocycles. The van der Waals surface area contributed by atoms with Crippen molar-refractivity contribution in [2.24, 2.45) is 0 Å². The van der Waals surface area contributed by atoms with Gasteiger partial charge in [-0.1, -0.05) is 36.4 Å². The van der Waals surface area contributed by atoms with Crippen molar-refractivity contribution in [2.45, 2.75) is 36.6 Å². The van der Waals surface area contributed by atoms with E-state index in [0.717, 1.165) is 23.4 Å². The normalized spacial score (nSPS) is 10.8. The first-order valence-electron chi connectivity index (χ1n) is 6.92. The van der Waals surface area contributed by atoms with E-state index in [1.54, 1.807) is 17.8 Å². The Hall–Kier alpha value is -1.32. The smallest absolute Gasteiger partial charge is 0.123 e. The third kappa shape index (κ3) is 4.36. The standard InChI is InChI=1S/C17H20FNS/c1-3-10-19-12-14-11-15(18)6-9-17(14)20-16-7-4-13(2)5-8-16/h4-9,11,19H,3,10,12H2,1-2H3. The van der Waals surface area contributed by atoms with E-state index in [2.05, 4.69) is 43.4 Å². The molecule has 0 spiro atoms. The zero-order valence-corrected chi connectivity index (χ0v) is 12.8. The summed E-state index contributed by atoms with van der Waals surface area (Å²) in [6.45, 7) is 5.86. The summed E-state index contributed by atoms with van der Waals surface area (Å²) in [5.74, 6) is -0.174. The molecule has 2 rings (SSSR count). The molecule has 0 saturated heterocycles. The topological polar surface area (TPSA) is 12.0 Å². The summed E-state index contributed by atoms with van der Waals surface area (Å²) in [6, 6.07) is 13.4. The third-order valence-electron chi connectivity index (χ3n) is 3.01. The van der Waals surface area contributed by atoms with Gasteiger partial charge in [-0.15, -0.1) is 0 Å². The molecule has 0 unspecified atom stereocenters. The lowest BCUT2D eigenvalue weighted by Crippen LogP contribution is -2.14. The van der Waals surface area contributed by atoms with Gasteiger partial charge in [0.2, 0.25) is 0 Å². The van der Waals surface area contributed by atoms with Crippen LogP contribution in [0.2, 0.25) is 0 Å². The van der Waals surface area contributed by atoms with Crippen molar-refractivity contribution in [3.8, 4) is 0 Å². The number of benzene rings is 2. The van der Waals surface area contributed by atoms with E-state index in [4.69, 9.17) is 0 Å². The van der Waals surface area contributed by atoms with Gasteiger partial charge in [0.25, 0.3) is 0 Å². The van der Waals surface area contributed by atoms with Crippen LogP contribution in [0.3, 0.4) is 0 Å². The molecule has 0 aliphatic carbocycles. The molecular formula is C17H20FNS. The minimum Gasteiger partial charge on any atom is -0.313 e. The predicted molar refractivity (Wildman–Crippen MR) is 83.7 cm³/mol. The van der Waals surface area contributed by atoms with Crippen LogP contribution in [0.15, 0.2) is 52.3 Å². The third-order valence-corrected chi connectivity index (χ3v) is 4.14. The second-order valence-electron chi connectivity index (χ2n) is 4.84. The maximum atomic E-state index is 13.4. The van der Waals surface area contributed by atoms with Crippen LogP contribution < -0.4 is 5.32 Å². The van der Waals surface area contributed by atoms with Crippen LogP contribution in [0.25, 0.3) is 0 Å². The molecule has 1 N–H and O–H groups in total. The second kappa shape index (κ2) is 7.46. The Kier molecular flexibility index (Phi) is 5.62. The summed E-state index contributed by atoms with van der Waals surface area (Å²) in [4.78, 5) is 2.29. The van der Waals surface area contributed by atoms with Gasteiger partial charge in [-0.05, 0) is 55.8 Å². The van der Waals surface area contributed by atoms with E-state index in [1.165, 1.54) is 16.5 Å². The van der Waals surface area contributed by atoms with Crippen molar-refractivity contribution in [3.05, 3.63) is 59.4 Å². The van der Waals surface area contributed by atoms with Crippen LogP contribution in [-0.4, -0.2) is 6.54 Å². The number of hydrogen-bond donors (Lipinski definition) is 1. The molecule has 0 heterocycles. The highest BCUT2D eigenvalue weighted by Crippen LogP contribution is 2.31. The molecule has 20 heavy (non-hydrogen) atoms. The second-order valence-corrected chi connectivity index (χ2v) is 5.96. The first-order chi connectivity index (χ1) is 9.69. The van der Waals surface area contributed by atoms with Gasteiger partial charge >= 0.3 is 0 Å². The summed E-state index contributed by atoms with van der Waals surface area (Å²) in [5, 5.41) is 3.33.